The fourth-order valence-electron chi connectivity index (χ4n) is 2.65. The molecule has 1 aromatic rings. The van der Waals surface area contributed by atoms with Crippen molar-refractivity contribution < 1.29 is 4.74 Å². The summed E-state index contributed by atoms with van der Waals surface area (Å²) in [5.41, 5.74) is 3.13. The van der Waals surface area contributed by atoms with Gasteiger partial charge in [0.15, 0.2) is 5.96 Å². The van der Waals surface area contributed by atoms with Crippen molar-refractivity contribution in [1.82, 2.24) is 15.6 Å². The van der Waals surface area contributed by atoms with Crippen molar-refractivity contribution in [2.75, 3.05) is 26.5 Å². The topological polar surface area (TPSA) is 58.5 Å². The predicted molar refractivity (Wildman–Crippen MR) is 109 cm³/mol. The van der Waals surface area contributed by atoms with Crippen LogP contribution in [0.5, 0.6) is 5.75 Å². The number of rotatable bonds is 5. The molecule has 0 spiro atoms. The second kappa shape index (κ2) is 10.2. The van der Waals surface area contributed by atoms with Gasteiger partial charge in [0.05, 0.1) is 19.3 Å². The zero-order chi connectivity index (χ0) is 15.9. The van der Waals surface area contributed by atoms with Gasteiger partial charge in [-0.25, -0.2) is 0 Å². The molecule has 2 rings (SSSR count). The van der Waals surface area contributed by atoms with Crippen LogP contribution in [-0.4, -0.2) is 42.6 Å². The molecule has 1 aromatic heterocycles. The minimum absolute atomic E-state index is 0. The Morgan fingerprint density at radius 2 is 2.22 bits per heavy atom. The highest BCUT2D eigenvalue weighted by molar-refractivity contribution is 14.0. The third-order valence-electron chi connectivity index (χ3n) is 3.92. The van der Waals surface area contributed by atoms with Gasteiger partial charge >= 0.3 is 0 Å². The monoisotopic (exact) mass is 450 g/mol. The summed E-state index contributed by atoms with van der Waals surface area (Å²) >= 11 is 2.04. The first kappa shape index (κ1) is 20.3. The molecule has 130 valence electrons. The Morgan fingerprint density at radius 3 is 2.83 bits per heavy atom. The summed E-state index contributed by atoms with van der Waals surface area (Å²) in [6.45, 7) is 5.66. The van der Waals surface area contributed by atoms with Crippen LogP contribution in [0.1, 0.15) is 29.7 Å². The number of nitrogens with one attached hydrogen (secondary N) is 2. The van der Waals surface area contributed by atoms with Crippen molar-refractivity contribution in [2.24, 2.45) is 4.99 Å². The minimum atomic E-state index is 0. The number of pyridine rings is 1. The number of thioether (sulfide) groups is 1. The van der Waals surface area contributed by atoms with Gasteiger partial charge in [-0.15, -0.1) is 24.0 Å². The van der Waals surface area contributed by atoms with Crippen molar-refractivity contribution in [3.63, 3.8) is 0 Å². The van der Waals surface area contributed by atoms with Gasteiger partial charge in [0.25, 0.3) is 0 Å². The van der Waals surface area contributed by atoms with E-state index in [1.165, 1.54) is 18.6 Å². The van der Waals surface area contributed by atoms with Crippen molar-refractivity contribution in [3.05, 3.63) is 23.0 Å². The number of hydrogen-bond acceptors (Lipinski definition) is 4. The fourth-order valence-corrected chi connectivity index (χ4v) is 3.85. The number of hydrogen-bond donors (Lipinski definition) is 2. The first-order chi connectivity index (χ1) is 10.7. The van der Waals surface area contributed by atoms with Gasteiger partial charge in [0.1, 0.15) is 5.75 Å². The normalized spacial score (nSPS) is 17.6. The molecule has 0 saturated carbocycles. The highest BCUT2D eigenvalue weighted by Crippen LogP contribution is 2.25. The number of aryl methyl sites for hydroxylation is 1. The molecular weight excluding hydrogens is 423 g/mol. The molecule has 0 aromatic carbocycles. The molecule has 2 heterocycles. The van der Waals surface area contributed by atoms with Gasteiger partial charge in [0, 0.05) is 36.2 Å². The average Bonchev–Trinajstić information content (AvgIpc) is 3.03. The second-order valence-corrected chi connectivity index (χ2v) is 6.90. The Balaban J connectivity index is 0.00000264. The maximum atomic E-state index is 5.45. The van der Waals surface area contributed by atoms with Crippen LogP contribution in [0.25, 0.3) is 0 Å². The Labute approximate surface area is 160 Å². The van der Waals surface area contributed by atoms with Gasteiger partial charge in [0.2, 0.25) is 0 Å². The van der Waals surface area contributed by atoms with Gasteiger partial charge < -0.3 is 15.4 Å². The van der Waals surface area contributed by atoms with E-state index in [4.69, 9.17) is 4.74 Å². The van der Waals surface area contributed by atoms with Crippen LogP contribution in [0.2, 0.25) is 0 Å². The first-order valence-electron chi connectivity index (χ1n) is 7.71. The molecule has 1 saturated heterocycles. The summed E-state index contributed by atoms with van der Waals surface area (Å²) in [5, 5.41) is 7.44. The Hall–Kier alpha value is -0.700. The number of methoxy groups -OCH3 is 1. The molecule has 0 bridgehead atoms. The highest BCUT2D eigenvalue weighted by atomic mass is 127. The molecule has 5 nitrogen and oxygen atoms in total. The lowest BCUT2D eigenvalue weighted by Crippen LogP contribution is -2.40. The van der Waals surface area contributed by atoms with Crippen molar-refractivity contribution in [3.8, 4) is 5.75 Å². The van der Waals surface area contributed by atoms with Crippen LogP contribution in [0.3, 0.4) is 0 Å². The molecule has 1 fully saturated rings. The Morgan fingerprint density at radius 1 is 1.43 bits per heavy atom. The molecular formula is C16H27IN4OS. The summed E-state index contributed by atoms with van der Waals surface area (Å²) < 4.78 is 5.45. The standard InChI is InChI=1S/C16H26N4OS.HI/c1-11-8-18-14(12(2)15(11)21-4)10-20-16(17-3)19-9-13-6-5-7-22-13;/h8,13H,5-7,9-10H2,1-4H3,(H2,17,19,20);1H. The number of aromatic nitrogens is 1. The smallest absolute Gasteiger partial charge is 0.191 e. The third-order valence-corrected chi connectivity index (χ3v) is 5.32. The average molecular weight is 450 g/mol. The summed E-state index contributed by atoms with van der Waals surface area (Å²) in [5.74, 6) is 3.02. The minimum Gasteiger partial charge on any atom is -0.496 e. The van der Waals surface area contributed by atoms with Gasteiger partial charge in [-0.3, -0.25) is 9.98 Å². The lowest BCUT2D eigenvalue weighted by atomic mass is 10.1. The molecule has 1 unspecified atom stereocenters. The van der Waals surface area contributed by atoms with Crippen LogP contribution >= 0.6 is 35.7 Å². The van der Waals surface area contributed by atoms with Gasteiger partial charge in [-0.1, -0.05) is 0 Å². The van der Waals surface area contributed by atoms with Crippen molar-refractivity contribution >= 4 is 41.7 Å². The SMILES string of the molecule is CN=C(NCc1ncc(C)c(OC)c1C)NCC1CCCS1.I. The van der Waals surface area contributed by atoms with Crippen LogP contribution < -0.4 is 15.4 Å². The number of halogens is 1. The summed E-state index contributed by atoms with van der Waals surface area (Å²) in [6.07, 6.45) is 4.48. The van der Waals surface area contributed by atoms with E-state index in [1.54, 1.807) is 14.2 Å². The maximum absolute atomic E-state index is 5.45. The fraction of sp³-hybridized carbons (Fsp3) is 0.625. The molecule has 1 aliphatic rings. The zero-order valence-corrected chi connectivity index (χ0v) is 17.5. The molecule has 0 amide bonds. The van der Waals surface area contributed by atoms with Crippen LogP contribution in [0, 0.1) is 13.8 Å². The number of guanidine groups is 1. The van der Waals surface area contributed by atoms with E-state index in [0.717, 1.165) is 35.1 Å². The Bertz CT molecular complexity index is 533. The zero-order valence-electron chi connectivity index (χ0n) is 14.3. The molecule has 23 heavy (non-hydrogen) atoms. The lowest BCUT2D eigenvalue weighted by molar-refractivity contribution is 0.406. The van der Waals surface area contributed by atoms with E-state index in [1.807, 2.05) is 31.8 Å². The first-order valence-corrected chi connectivity index (χ1v) is 8.75. The van der Waals surface area contributed by atoms with E-state index >= 15 is 0 Å². The number of aliphatic imine (C=N–C) groups is 1. The molecule has 7 heteroatoms. The van der Waals surface area contributed by atoms with E-state index in [0.29, 0.717) is 11.8 Å². The van der Waals surface area contributed by atoms with Crippen LogP contribution in [0.15, 0.2) is 11.2 Å². The maximum Gasteiger partial charge on any atom is 0.191 e. The van der Waals surface area contributed by atoms with E-state index < -0.39 is 0 Å². The molecule has 1 atom stereocenters. The summed E-state index contributed by atoms with van der Waals surface area (Å²) in [6, 6.07) is 0. The molecule has 2 N–H and O–H groups in total. The summed E-state index contributed by atoms with van der Waals surface area (Å²) in [4.78, 5) is 8.78. The predicted octanol–water partition coefficient (Wildman–Crippen LogP) is 2.89. The molecule has 0 radical (unpaired) electrons. The van der Waals surface area contributed by atoms with E-state index in [9.17, 15) is 0 Å². The lowest BCUT2D eigenvalue weighted by Gasteiger charge is -2.16. The van der Waals surface area contributed by atoms with Crippen molar-refractivity contribution in [2.45, 2.75) is 38.5 Å². The van der Waals surface area contributed by atoms with Gasteiger partial charge in [-0.05, 0) is 32.4 Å². The highest BCUT2D eigenvalue weighted by Gasteiger charge is 2.16. The molecule has 0 aliphatic carbocycles. The number of nitrogens with zero attached hydrogens (tertiary/aromatic N) is 2. The summed E-state index contributed by atoms with van der Waals surface area (Å²) in [7, 11) is 3.50. The van der Waals surface area contributed by atoms with Gasteiger partial charge in [-0.2, -0.15) is 11.8 Å². The third kappa shape index (κ3) is 5.70. The van der Waals surface area contributed by atoms with E-state index in [2.05, 4.69) is 20.6 Å². The van der Waals surface area contributed by atoms with Crippen molar-refractivity contribution in [1.29, 1.82) is 0 Å². The quantitative estimate of drug-likeness (QED) is 0.411. The molecule has 1 aliphatic heterocycles. The van der Waals surface area contributed by atoms with E-state index in [-0.39, 0.29) is 24.0 Å². The largest absolute Gasteiger partial charge is 0.496 e. The number of ether oxygens (including phenoxy) is 1. The second-order valence-electron chi connectivity index (χ2n) is 5.49. The Kier molecular flexibility index (Phi) is 9.04. The van der Waals surface area contributed by atoms with Crippen LogP contribution in [-0.2, 0) is 6.54 Å². The van der Waals surface area contributed by atoms with Crippen LogP contribution in [0.4, 0.5) is 0 Å².